The van der Waals surface area contributed by atoms with Crippen LogP contribution in [0.15, 0.2) is 46.9 Å². The molecule has 0 spiro atoms. The van der Waals surface area contributed by atoms with Gasteiger partial charge in [-0.05, 0) is 30.3 Å². The van der Waals surface area contributed by atoms with E-state index in [0.717, 1.165) is 5.69 Å². The molecule has 144 valence electrons. The molecule has 0 saturated carbocycles. The lowest BCUT2D eigenvalue weighted by Gasteiger charge is -2.25. The first-order valence-corrected chi connectivity index (χ1v) is 8.70. The fourth-order valence-corrected chi connectivity index (χ4v) is 3.05. The van der Waals surface area contributed by atoms with E-state index in [-0.39, 0.29) is 30.6 Å². The lowest BCUT2D eigenvalue weighted by atomic mass is 10.1. The minimum absolute atomic E-state index is 0.0545. The predicted octanol–water partition coefficient (Wildman–Crippen LogP) is 3.31. The van der Waals surface area contributed by atoms with Crippen molar-refractivity contribution in [3.63, 3.8) is 0 Å². The second-order valence-corrected chi connectivity index (χ2v) is 6.44. The number of nitrogens with zero attached hydrogens (tertiary/aromatic N) is 2. The number of hydrogen-bond acceptors (Lipinski definition) is 5. The number of anilines is 1. The number of rotatable bonds is 4. The zero-order valence-electron chi connectivity index (χ0n) is 14.8. The molecule has 0 saturated heterocycles. The first-order valence-electron chi connectivity index (χ1n) is 8.70. The number of hydrogen-bond donors (Lipinski definition) is 1. The van der Waals surface area contributed by atoms with Gasteiger partial charge >= 0.3 is 0 Å². The molecule has 2 heterocycles. The quantitative estimate of drug-likeness (QED) is 0.697. The largest absolute Gasteiger partial charge is 0.484 e. The molecule has 0 radical (unpaired) electrons. The molecule has 28 heavy (non-hydrogen) atoms. The van der Waals surface area contributed by atoms with Crippen molar-refractivity contribution >= 4 is 11.6 Å². The molecule has 8 heteroatoms. The summed E-state index contributed by atoms with van der Waals surface area (Å²) in [5.41, 5.74) is 6.56. The molecule has 0 bridgehead atoms. The maximum absolute atomic E-state index is 13.3. The van der Waals surface area contributed by atoms with Gasteiger partial charge in [0.15, 0.2) is 6.61 Å². The molecule has 2 N–H and O–H groups in total. The molecule has 3 aromatic rings. The second kappa shape index (κ2) is 7.30. The number of ether oxygens (including phenoxy) is 1. The minimum atomic E-state index is -0.560. The molecule has 1 aliphatic rings. The molecule has 1 amide bonds. The van der Waals surface area contributed by atoms with E-state index in [2.05, 4.69) is 4.98 Å². The van der Waals surface area contributed by atoms with E-state index in [1.54, 1.807) is 17.0 Å². The van der Waals surface area contributed by atoms with Crippen molar-refractivity contribution in [1.29, 1.82) is 0 Å². The fourth-order valence-electron chi connectivity index (χ4n) is 3.05. The van der Waals surface area contributed by atoms with Crippen LogP contribution in [0.3, 0.4) is 0 Å². The Morgan fingerprint density at radius 1 is 1.25 bits per heavy atom. The van der Waals surface area contributed by atoms with E-state index in [4.69, 9.17) is 14.9 Å². The van der Waals surface area contributed by atoms with Crippen LogP contribution in [-0.4, -0.2) is 22.3 Å². The van der Waals surface area contributed by atoms with E-state index in [0.29, 0.717) is 35.9 Å². The van der Waals surface area contributed by atoms with Crippen molar-refractivity contribution in [2.75, 3.05) is 12.3 Å². The Bertz CT molecular complexity index is 1040. The number of halogens is 2. The number of benzene rings is 2. The molecule has 4 rings (SSSR count). The number of nitrogens with two attached hydrogens (primary N) is 1. The predicted molar refractivity (Wildman–Crippen MR) is 96.5 cm³/mol. The van der Waals surface area contributed by atoms with Gasteiger partial charge in [-0.2, -0.15) is 0 Å². The molecule has 1 aliphatic heterocycles. The van der Waals surface area contributed by atoms with Crippen LogP contribution in [0.2, 0.25) is 0 Å². The van der Waals surface area contributed by atoms with E-state index >= 15 is 0 Å². The van der Waals surface area contributed by atoms with Gasteiger partial charge in [-0.25, -0.2) is 13.8 Å². The smallest absolute Gasteiger partial charge is 0.254 e. The molecular formula is C20H17F2N3O3. The molecule has 6 nitrogen and oxygen atoms in total. The highest BCUT2D eigenvalue weighted by atomic mass is 19.1. The van der Waals surface area contributed by atoms with Crippen LogP contribution in [0, 0.1) is 11.6 Å². The van der Waals surface area contributed by atoms with Gasteiger partial charge in [0.05, 0.1) is 17.9 Å². The standard InChI is InChI=1S/C20H17F2N3O3/c21-13-2-1-3-14(9-13)27-11-19-24-17-6-7-25(10-18(17)28-19)20(26)12-4-5-15(22)16(23)8-12/h1-5,8-9H,6-7,10-11,23H2. The number of nitrogen functional groups attached to an aromatic ring is 1. The molecule has 0 aliphatic carbocycles. The van der Waals surface area contributed by atoms with Gasteiger partial charge in [0, 0.05) is 24.6 Å². The maximum atomic E-state index is 13.3. The monoisotopic (exact) mass is 385 g/mol. The lowest BCUT2D eigenvalue weighted by molar-refractivity contribution is 0.0718. The third-order valence-electron chi connectivity index (χ3n) is 4.46. The molecular weight excluding hydrogens is 368 g/mol. The summed E-state index contributed by atoms with van der Waals surface area (Å²) in [4.78, 5) is 18.6. The lowest BCUT2D eigenvalue weighted by Crippen LogP contribution is -2.35. The summed E-state index contributed by atoms with van der Waals surface area (Å²) in [5, 5.41) is 0. The van der Waals surface area contributed by atoms with E-state index in [1.807, 2.05) is 0 Å². The summed E-state index contributed by atoms with van der Waals surface area (Å²) in [6.45, 7) is 0.761. The average molecular weight is 385 g/mol. The molecule has 1 aromatic heterocycles. The Hall–Kier alpha value is -3.42. The van der Waals surface area contributed by atoms with Crippen molar-refractivity contribution in [3.05, 3.63) is 77.0 Å². The Labute approximate surface area is 159 Å². The van der Waals surface area contributed by atoms with Gasteiger partial charge in [0.25, 0.3) is 5.91 Å². The zero-order chi connectivity index (χ0) is 19.7. The highest BCUT2D eigenvalue weighted by molar-refractivity contribution is 5.95. The second-order valence-electron chi connectivity index (χ2n) is 6.44. The van der Waals surface area contributed by atoms with Gasteiger partial charge in [0.2, 0.25) is 5.89 Å². The molecule has 0 fully saturated rings. The maximum Gasteiger partial charge on any atom is 0.254 e. The molecule has 0 atom stereocenters. The zero-order valence-corrected chi connectivity index (χ0v) is 14.8. The van der Waals surface area contributed by atoms with Crippen LogP contribution in [0.5, 0.6) is 5.75 Å². The number of fused-ring (bicyclic) bond motifs is 1. The number of carbonyl (C=O) groups is 1. The normalized spacial score (nSPS) is 13.3. The van der Waals surface area contributed by atoms with Crippen molar-refractivity contribution in [3.8, 4) is 5.75 Å². The van der Waals surface area contributed by atoms with Crippen LogP contribution in [0.25, 0.3) is 0 Å². The Kier molecular flexibility index (Phi) is 4.68. The summed E-state index contributed by atoms with van der Waals surface area (Å²) < 4.78 is 37.7. The first-order chi connectivity index (χ1) is 13.5. The van der Waals surface area contributed by atoms with Crippen LogP contribution >= 0.6 is 0 Å². The highest BCUT2D eigenvalue weighted by Crippen LogP contribution is 2.23. The van der Waals surface area contributed by atoms with E-state index < -0.39 is 5.82 Å². The van der Waals surface area contributed by atoms with Gasteiger partial charge in [0.1, 0.15) is 23.1 Å². The topological polar surface area (TPSA) is 81.6 Å². The van der Waals surface area contributed by atoms with E-state index in [9.17, 15) is 13.6 Å². The van der Waals surface area contributed by atoms with Crippen LogP contribution in [0.4, 0.5) is 14.5 Å². The highest BCUT2D eigenvalue weighted by Gasteiger charge is 2.26. The first kappa shape index (κ1) is 18.0. The van der Waals surface area contributed by atoms with Crippen molar-refractivity contribution in [2.45, 2.75) is 19.6 Å². The summed E-state index contributed by atoms with van der Waals surface area (Å²) in [6, 6.07) is 9.70. The average Bonchev–Trinajstić information content (AvgIpc) is 3.10. The third-order valence-corrected chi connectivity index (χ3v) is 4.46. The van der Waals surface area contributed by atoms with Gasteiger partial charge in [-0.1, -0.05) is 6.07 Å². The third kappa shape index (κ3) is 3.66. The minimum Gasteiger partial charge on any atom is -0.484 e. The van der Waals surface area contributed by atoms with Crippen LogP contribution < -0.4 is 10.5 Å². The number of carbonyl (C=O) groups excluding carboxylic acids is 1. The number of oxazole rings is 1. The van der Waals surface area contributed by atoms with Crippen molar-refractivity contribution < 1.29 is 22.7 Å². The summed E-state index contributed by atoms with van der Waals surface area (Å²) in [7, 11) is 0. The van der Waals surface area contributed by atoms with Gasteiger partial charge in [-0.15, -0.1) is 0 Å². The van der Waals surface area contributed by atoms with Crippen LogP contribution in [-0.2, 0) is 19.6 Å². The Morgan fingerprint density at radius 2 is 2.11 bits per heavy atom. The molecule has 0 unspecified atom stereocenters. The Balaban J connectivity index is 1.44. The SMILES string of the molecule is Nc1cc(C(=O)N2CCc3nc(COc4cccc(F)c4)oc3C2)ccc1F. The summed E-state index contributed by atoms with van der Waals surface area (Å²) in [5.74, 6) is 0.103. The van der Waals surface area contributed by atoms with E-state index in [1.165, 1.54) is 30.3 Å². The van der Waals surface area contributed by atoms with Crippen LogP contribution in [0.1, 0.15) is 27.7 Å². The number of aromatic nitrogens is 1. The molecule has 2 aromatic carbocycles. The van der Waals surface area contributed by atoms with Crippen molar-refractivity contribution in [2.24, 2.45) is 0 Å². The fraction of sp³-hybridized carbons (Fsp3) is 0.200. The summed E-state index contributed by atoms with van der Waals surface area (Å²) >= 11 is 0. The van der Waals surface area contributed by atoms with Gasteiger partial charge in [-0.3, -0.25) is 4.79 Å². The van der Waals surface area contributed by atoms with Gasteiger partial charge < -0.3 is 19.8 Å². The Morgan fingerprint density at radius 3 is 2.89 bits per heavy atom. The summed E-state index contributed by atoms with van der Waals surface area (Å²) in [6.07, 6.45) is 0.529. The number of amides is 1. The van der Waals surface area contributed by atoms with Crippen molar-refractivity contribution in [1.82, 2.24) is 9.88 Å².